The standard InChI is InChI=1S/C13H21BrN2O3S/c1-16(9-10-19-2)8-7-15-20(17,18)13-5-3-12(11-14)4-6-13/h3-6,15H,7-11H2,1-2H3. The molecule has 114 valence electrons. The van der Waals surface area contributed by atoms with Crippen LogP contribution in [-0.2, 0) is 20.1 Å². The van der Waals surface area contributed by atoms with Gasteiger partial charge in [-0.05, 0) is 24.7 Å². The minimum atomic E-state index is -3.42. The Labute approximate surface area is 129 Å². The Morgan fingerprint density at radius 3 is 2.45 bits per heavy atom. The lowest BCUT2D eigenvalue weighted by Gasteiger charge is -2.16. The first kappa shape index (κ1) is 17.6. The Balaban J connectivity index is 2.48. The SMILES string of the molecule is COCCN(C)CCNS(=O)(=O)c1ccc(CBr)cc1. The summed E-state index contributed by atoms with van der Waals surface area (Å²) in [4.78, 5) is 2.31. The molecule has 0 amide bonds. The van der Waals surface area contributed by atoms with E-state index in [-0.39, 0.29) is 0 Å². The summed E-state index contributed by atoms with van der Waals surface area (Å²) in [5, 5.41) is 0.713. The number of nitrogens with one attached hydrogen (secondary N) is 1. The number of alkyl halides is 1. The van der Waals surface area contributed by atoms with E-state index in [0.29, 0.717) is 29.9 Å². The lowest BCUT2D eigenvalue weighted by atomic mass is 10.2. The lowest BCUT2D eigenvalue weighted by Crippen LogP contribution is -2.34. The summed E-state index contributed by atoms with van der Waals surface area (Å²) in [5.41, 5.74) is 1.04. The first-order valence-corrected chi connectivity index (χ1v) is 8.92. The van der Waals surface area contributed by atoms with E-state index < -0.39 is 10.0 Å². The van der Waals surface area contributed by atoms with Crippen molar-refractivity contribution < 1.29 is 13.2 Å². The number of benzene rings is 1. The Hall–Kier alpha value is -0.470. The molecule has 0 saturated carbocycles. The zero-order valence-electron chi connectivity index (χ0n) is 11.8. The minimum absolute atomic E-state index is 0.293. The summed E-state index contributed by atoms with van der Waals surface area (Å²) in [6, 6.07) is 6.84. The van der Waals surface area contributed by atoms with Gasteiger partial charge in [-0.25, -0.2) is 13.1 Å². The van der Waals surface area contributed by atoms with E-state index in [2.05, 4.69) is 20.7 Å². The van der Waals surface area contributed by atoms with Gasteiger partial charge >= 0.3 is 0 Å². The number of sulfonamides is 1. The van der Waals surface area contributed by atoms with Gasteiger partial charge in [-0.3, -0.25) is 0 Å². The largest absolute Gasteiger partial charge is 0.383 e. The highest BCUT2D eigenvalue weighted by molar-refractivity contribution is 9.08. The van der Waals surface area contributed by atoms with Gasteiger partial charge in [0.2, 0.25) is 10.0 Å². The van der Waals surface area contributed by atoms with E-state index >= 15 is 0 Å². The third-order valence-corrected chi connectivity index (χ3v) is 4.98. The van der Waals surface area contributed by atoms with Crippen molar-refractivity contribution in [1.82, 2.24) is 9.62 Å². The third kappa shape index (κ3) is 5.88. The number of rotatable bonds is 9. The third-order valence-electron chi connectivity index (χ3n) is 2.85. The second kappa shape index (κ2) is 8.74. The smallest absolute Gasteiger partial charge is 0.240 e. The van der Waals surface area contributed by atoms with Crippen molar-refractivity contribution in [2.24, 2.45) is 0 Å². The molecule has 1 rings (SSSR count). The van der Waals surface area contributed by atoms with Crippen molar-refractivity contribution in [3.05, 3.63) is 29.8 Å². The molecular formula is C13H21BrN2O3S. The molecule has 5 nitrogen and oxygen atoms in total. The zero-order valence-corrected chi connectivity index (χ0v) is 14.2. The van der Waals surface area contributed by atoms with Crippen molar-refractivity contribution in [2.45, 2.75) is 10.2 Å². The summed E-state index contributed by atoms with van der Waals surface area (Å²) in [6.07, 6.45) is 0. The maximum absolute atomic E-state index is 12.1. The van der Waals surface area contributed by atoms with Gasteiger partial charge < -0.3 is 9.64 Å². The van der Waals surface area contributed by atoms with Crippen LogP contribution in [0.2, 0.25) is 0 Å². The van der Waals surface area contributed by atoms with E-state index in [9.17, 15) is 8.42 Å². The van der Waals surface area contributed by atoms with E-state index in [1.54, 1.807) is 31.4 Å². The van der Waals surface area contributed by atoms with E-state index in [1.807, 2.05) is 11.9 Å². The van der Waals surface area contributed by atoms with Crippen LogP contribution in [-0.4, -0.2) is 53.7 Å². The number of ether oxygens (including phenoxy) is 1. The average Bonchev–Trinajstić information content (AvgIpc) is 2.45. The van der Waals surface area contributed by atoms with Crippen LogP contribution in [0.4, 0.5) is 0 Å². The normalized spacial score (nSPS) is 12.0. The highest BCUT2D eigenvalue weighted by Gasteiger charge is 2.13. The predicted octanol–water partition coefficient (Wildman–Crippen LogP) is 1.44. The fraction of sp³-hybridized carbons (Fsp3) is 0.538. The molecule has 1 aromatic carbocycles. The van der Waals surface area contributed by atoms with Crippen LogP contribution >= 0.6 is 15.9 Å². The van der Waals surface area contributed by atoms with Crippen LogP contribution in [0.3, 0.4) is 0 Å². The first-order valence-electron chi connectivity index (χ1n) is 6.31. The van der Waals surface area contributed by atoms with Crippen LogP contribution in [0.1, 0.15) is 5.56 Å². The predicted molar refractivity (Wildman–Crippen MR) is 83.6 cm³/mol. The summed E-state index contributed by atoms with van der Waals surface area (Å²) >= 11 is 3.33. The molecule has 0 bridgehead atoms. The van der Waals surface area contributed by atoms with E-state index in [4.69, 9.17) is 4.74 Å². The van der Waals surface area contributed by atoms with Crippen LogP contribution in [0.5, 0.6) is 0 Å². The first-order chi connectivity index (χ1) is 9.49. The molecule has 20 heavy (non-hydrogen) atoms. The molecule has 7 heteroatoms. The number of hydrogen-bond donors (Lipinski definition) is 1. The van der Waals surface area contributed by atoms with Gasteiger partial charge in [0.15, 0.2) is 0 Å². The summed E-state index contributed by atoms with van der Waals surface area (Å²) in [6.45, 7) is 2.43. The zero-order chi connectivity index (χ0) is 15.0. The Bertz CT molecular complexity index is 491. The Morgan fingerprint density at radius 2 is 1.90 bits per heavy atom. The van der Waals surface area contributed by atoms with Crippen LogP contribution < -0.4 is 4.72 Å². The molecule has 0 aliphatic carbocycles. The number of likely N-dealkylation sites (N-methyl/N-ethyl adjacent to an activating group) is 1. The van der Waals surface area contributed by atoms with Crippen molar-refractivity contribution >= 4 is 26.0 Å². The number of methoxy groups -OCH3 is 1. The minimum Gasteiger partial charge on any atom is -0.383 e. The van der Waals surface area contributed by atoms with Gasteiger partial charge in [-0.1, -0.05) is 28.1 Å². The molecule has 0 fully saturated rings. The molecule has 0 aliphatic heterocycles. The summed E-state index contributed by atoms with van der Waals surface area (Å²) in [7, 11) is 0.150. The summed E-state index contributed by atoms with van der Waals surface area (Å²) in [5.74, 6) is 0. The van der Waals surface area contributed by atoms with Crippen LogP contribution in [0, 0.1) is 0 Å². The molecule has 0 atom stereocenters. The van der Waals surface area contributed by atoms with Crippen molar-refractivity contribution in [3.8, 4) is 0 Å². The molecule has 0 heterocycles. The highest BCUT2D eigenvalue weighted by Crippen LogP contribution is 2.12. The van der Waals surface area contributed by atoms with Gasteiger partial charge in [0.05, 0.1) is 11.5 Å². The number of hydrogen-bond acceptors (Lipinski definition) is 4. The topological polar surface area (TPSA) is 58.6 Å². The van der Waals surface area contributed by atoms with Gasteiger partial charge in [0.1, 0.15) is 0 Å². The monoisotopic (exact) mass is 364 g/mol. The maximum atomic E-state index is 12.1. The summed E-state index contributed by atoms with van der Waals surface area (Å²) < 4.78 is 31.7. The van der Waals surface area contributed by atoms with Crippen LogP contribution in [0.15, 0.2) is 29.2 Å². The average molecular weight is 365 g/mol. The molecule has 0 radical (unpaired) electrons. The van der Waals surface area contributed by atoms with Crippen molar-refractivity contribution in [3.63, 3.8) is 0 Å². The molecular weight excluding hydrogens is 344 g/mol. The molecule has 1 aromatic rings. The number of halogens is 1. The maximum Gasteiger partial charge on any atom is 0.240 e. The molecule has 0 spiro atoms. The lowest BCUT2D eigenvalue weighted by molar-refractivity contribution is 0.162. The van der Waals surface area contributed by atoms with Crippen molar-refractivity contribution in [1.29, 1.82) is 0 Å². The highest BCUT2D eigenvalue weighted by atomic mass is 79.9. The second-order valence-corrected chi connectivity index (χ2v) is 6.80. The fourth-order valence-electron chi connectivity index (χ4n) is 1.57. The molecule has 0 unspecified atom stereocenters. The van der Waals surface area contributed by atoms with Gasteiger partial charge in [-0.15, -0.1) is 0 Å². The van der Waals surface area contributed by atoms with E-state index in [0.717, 1.165) is 12.1 Å². The second-order valence-electron chi connectivity index (χ2n) is 4.47. The van der Waals surface area contributed by atoms with Gasteiger partial charge in [-0.2, -0.15) is 0 Å². The quantitative estimate of drug-likeness (QED) is 0.673. The van der Waals surface area contributed by atoms with Gasteiger partial charge in [0, 0.05) is 32.1 Å². The van der Waals surface area contributed by atoms with Crippen molar-refractivity contribution in [2.75, 3.05) is 40.4 Å². The Kier molecular flexibility index (Phi) is 7.68. The molecule has 0 aliphatic rings. The van der Waals surface area contributed by atoms with E-state index in [1.165, 1.54) is 0 Å². The fourth-order valence-corrected chi connectivity index (χ4v) is 2.97. The molecule has 0 aromatic heterocycles. The Morgan fingerprint density at radius 1 is 1.25 bits per heavy atom. The van der Waals surface area contributed by atoms with Crippen LogP contribution in [0.25, 0.3) is 0 Å². The number of nitrogens with zero attached hydrogens (tertiary/aromatic N) is 1. The van der Waals surface area contributed by atoms with Gasteiger partial charge in [0.25, 0.3) is 0 Å². The molecule has 1 N–H and O–H groups in total. The molecule has 0 saturated heterocycles.